The molecule has 88 valence electrons. The van der Waals surface area contributed by atoms with Crippen LogP contribution in [0.15, 0.2) is 0 Å². The monoisotopic (exact) mass is 223 g/mol. The van der Waals surface area contributed by atoms with Crippen molar-refractivity contribution in [2.75, 3.05) is 7.05 Å². The van der Waals surface area contributed by atoms with Gasteiger partial charge in [0.2, 0.25) is 0 Å². The number of carbonyl (C=O) groups excluding carboxylic acids is 1. The molecular weight excluding hydrogens is 206 g/mol. The van der Waals surface area contributed by atoms with E-state index in [0.717, 1.165) is 12.8 Å². The van der Waals surface area contributed by atoms with Gasteiger partial charge < -0.3 is 4.90 Å². The van der Waals surface area contributed by atoms with E-state index in [4.69, 9.17) is 0 Å². The third-order valence-electron chi connectivity index (χ3n) is 3.23. The average Bonchev–Trinajstić information content (AvgIpc) is 2.70. The predicted octanol–water partition coefficient (Wildman–Crippen LogP) is 0.994. The summed E-state index contributed by atoms with van der Waals surface area (Å²) in [5.74, 6) is 0.0207. The lowest BCUT2D eigenvalue weighted by molar-refractivity contribution is 0.0705. The highest BCUT2D eigenvalue weighted by Gasteiger charge is 2.24. The normalized spacial score (nSPS) is 18.1. The summed E-state index contributed by atoms with van der Waals surface area (Å²) in [6, 6.07) is 0.327. The molecule has 1 aromatic heterocycles. The summed E-state index contributed by atoms with van der Waals surface area (Å²) in [6.45, 7) is 0. The molecule has 0 atom stereocenters. The Morgan fingerprint density at radius 3 is 2.56 bits per heavy atom. The highest BCUT2D eigenvalue weighted by molar-refractivity contribution is 5.90. The van der Waals surface area contributed by atoms with Crippen molar-refractivity contribution in [3.05, 3.63) is 5.82 Å². The summed E-state index contributed by atoms with van der Waals surface area (Å²) in [5, 5.41) is 13.1. The molecule has 1 fully saturated rings. The first kappa shape index (κ1) is 11.0. The zero-order valence-electron chi connectivity index (χ0n) is 9.52. The summed E-state index contributed by atoms with van der Waals surface area (Å²) in [4.78, 5) is 13.7. The second-order valence-corrected chi connectivity index (χ2v) is 4.30. The van der Waals surface area contributed by atoms with Gasteiger partial charge in [0.05, 0.1) is 0 Å². The van der Waals surface area contributed by atoms with Gasteiger partial charge in [0.25, 0.3) is 11.7 Å². The van der Waals surface area contributed by atoms with E-state index in [2.05, 4.69) is 20.6 Å². The van der Waals surface area contributed by atoms with Crippen molar-refractivity contribution in [3.63, 3.8) is 0 Å². The number of hydrogen-bond acceptors (Lipinski definition) is 4. The van der Waals surface area contributed by atoms with Gasteiger partial charge >= 0.3 is 0 Å². The van der Waals surface area contributed by atoms with Gasteiger partial charge in [0.1, 0.15) is 0 Å². The van der Waals surface area contributed by atoms with E-state index in [1.807, 2.05) is 7.05 Å². The predicted molar refractivity (Wildman–Crippen MR) is 57.8 cm³/mol. The highest BCUT2D eigenvalue weighted by atomic mass is 16.2. The largest absolute Gasteiger partial charge is 0.336 e. The van der Waals surface area contributed by atoms with E-state index in [-0.39, 0.29) is 11.7 Å². The van der Waals surface area contributed by atoms with Crippen molar-refractivity contribution >= 4 is 5.91 Å². The first-order valence-electron chi connectivity index (χ1n) is 5.79. The lowest BCUT2D eigenvalue weighted by atomic mass is 10.1. The molecule has 0 aromatic carbocycles. The van der Waals surface area contributed by atoms with E-state index in [9.17, 15) is 4.79 Å². The molecule has 2 rings (SSSR count). The molecule has 1 amide bonds. The molecule has 0 radical (unpaired) electrons. The fourth-order valence-corrected chi connectivity index (χ4v) is 2.22. The summed E-state index contributed by atoms with van der Waals surface area (Å²) in [6.07, 6.45) is 7.13. The minimum Gasteiger partial charge on any atom is -0.336 e. The lowest BCUT2D eigenvalue weighted by Crippen LogP contribution is -2.37. The van der Waals surface area contributed by atoms with Gasteiger partial charge in [0, 0.05) is 13.1 Å². The van der Waals surface area contributed by atoms with Crippen molar-refractivity contribution in [3.8, 4) is 0 Å². The van der Waals surface area contributed by atoms with Crippen LogP contribution in [0.3, 0.4) is 0 Å². The number of hydrogen-bond donors (Lipinski definition) is 1. The van der Waals surface area contributed by atoms with Crippen LogP contribution in [0.4, 0.5) is 0 Å². The number of amides is 1. The molecule has 1 aromatic rings. The molecule has 6 nitrogen and oxygen atoms in total. The molecule has 1 aliphatic rings. The number of nitrogens with one attached hydrogen (secondary N) is 1. The van der Waals surface area contributed by atoms with Crippen molar-refractivity contribution in [2.24, 2.45) is 0 Å². The van der Waals surface area contributed by atoms with Gasteiger partial charge in [-0.15, -0.1) is 10.2 Å². The Morgan fingerprint density at radius 2 is 2.00 bits per heavy atom. The van der Waals surface area contributed by atoms with Crippen LogP contribution in [0.25, 0.3) is 0 Å². The molecule has 16 heavy (non-hydrogen) atoms. The molecule has 1 N–H and O–H groups in total. The molecule has 0 aliphatic heterocycles. The van der Waals surface area contributed by atoms with Crippen molar-refractivity contribution in [2.45, 2.75) is 44.6 Å². The maximum Gasteiger partial charge on any atom is 0.295 e. The molecule has 6 heteroatoms. The Morgan fingerprint density at radius 1 is 1.31 bits per heavy atom. The van der Waals surface area contributed by atoms with Crippen LogP contribution < -0.4 is 0 Å². The van der Waals surface area contributed by atoms with E-state index in [1.54, 1.807) is 4.90 Å². The standard InChI is InChI=1S/C10H17N5O/c1-15(8-6-4-2-3-5-7-8)10(16)9-11-13-14-12-9/h8H,2-7H2,1H3,(H,11,12,13,14). The quantitative estimate of drug-likeness (QED) is 0.759. The number of carbonyl (C=O) groups is 1. The van der Waals surface area contributed by atoms with Crippen LogP contribution in [0.5, 0.6) is 0 Å². The number of rotatable bonds is 2. The second-order valence-electron chi connectivity index (χ2n) is 4.30. The zero-order valence-corrected chi connectivity index (χ0v) is 9.52. The van der Waals surface area contributed by atoms with Crippen molar-refractivity contribution in [1.29, 1.82) is 0 Å². The van der Waals surface area contributed by atoms with E-state index in [1.165, 1.54) is 25.7 Å². The maximum atomic E-state index is 12.0. The number of aromatic nitrogens is 4. The minimum atomic E-state index is -0.138. The van der Waals surface area contributed by atoms with Gasteiger partial charge in [-0.2, -0.15) is 5.21 Å². The number of nitrogens with zero attached hydrogens (tertiary/aromatic N) is 4. The summed E-state index contributed by atoms with van der Waals surface area (Å²) in [7, 11) is 1.83. The van der Waals surface area contributed by atoms with Gasteiger partial charge in [-0.05, 0) is 18.1 Å². The van der Waals surface area contributed by atoms with Crippen LogP contribution >= 0.6 is 0 Å². The average molecular weight is 223 g/mol. The molecule has 1 aliphatic carbocycles. The summed E-state index contributed by atoms with van der Waals surface area (Å²) in [5.41, 5.74) is 0. The van der Waals surface area contributed by atoms with Crippen LogP contribution in [0.1, 0.15) is 49.1 Å². The highest BCUT2D eigenvalue weighted by Crippen LogP contribution is 2.21. The zero-order chi connectivity index (χ0) is 11.4. The van der Waals surface area contributed by atoms with Crippen LogP contribution in [0, 0.1) is 0 Å². The van der Waals surface area contributed by atoms with E-state index in [0.29, 0.717) is 6.04 Å². The number of H-pyrrole nitrogens is 1. The lowest BCUT2D eigenvalue weighted by Gasteiger charge is -2.25. The van der Waals surface area contributed by atoms with Crippen LogP contribution in [-0.2, 0) is 0 Å². The summed E-state index contributed by atoms with van der Waals surface area (Å²) >= 11 is 0. The first-order chi connectivity index (χ1) is 7.79. The van der Waals surface area contributed by atoms with Crippen LogP contribution in [0.2, 0.25) is 0 Å². The molecule has 0 spiro atoms. The molecule has 0 bridgehead atoms. The maximum absolute atomic E-state index is 12.0. The number of aromatic amines is 1. The molecule has 0 unspecified atom stereocenters. The van der Waals surface area contributed by atoms with Gasteiger partial charge in [-0.1, -0.05) is 25.7 Å². The second kappa shape index (κ2) is 5.05. The molecule has 1 saturated carbocycles. The Labute approximate surface area is 94.4 Å². The van der Waals surface area contributed by atoms with E-state index >= 15 is 0 Å². The number of tetrazole rings is 1. The molecule has 1 heterocycles. The third kappa shape index (κ3) is 2.37. The Kier molecular flexibility index (Phi) is 3.48. The Hall–Kier alpha value is -1.46. The Balaban J connectivity index is 2.00. The molecule has 0 saturated heterocycles. The van der Waals surface area contributed by atoms with Gasteiger partial charge in [0.15, 0.2) is 0 Å². The van der Waals surface area contributed by atoms with E-state index < -0.39 is 0 Å². The van der Waals surface area contributed by atoms with Crippen LogP contribution in [-0.4, -0.2) is 44.5 Å². The first-order valence-corrected chi connectivity index (χ1v) is 5.79. The van der Waals surface area contributed by atoms with Gasteiger partial charge in [-0.25, -0.2) is 0 Å². The van der Waals surface area contributed by atoms with Crippen molar-refractivity contribution < 1.29 is 4.79 Å². The Bertz CT molecular complexity index is 329. The fraction of sp³-hybridized carbons (Fsp3) is 0.800. The third-order valence-corrected chi connectivity index (χ3v) is 3.23. The molecular formula is C10H17N5O. The summed E-state index contributed by atoms with van der Waals surface area (Å²) < 4.78 is 0. The smallest absolute Gasteiger partial charge is 0.295 e. The topological polar surface area (TPSA) is 74.8 Å². The minimum absolute atomic E-state index is 0.138. The SMILES string of the molecule is CN(C(=O)c1nn[nH]n1)C1CCCCCC1. The fourth-order valence-electron chi connectivity index (χ4n) is 2.22. The van der Waals surface area contributed by atoms with Gasteiger partial charge in [-0.3, -0.25) is 4.79 Å². The van der Waals surface area contributed by atoms with Crippen molar-refractivity contribution in [1.82, 2.24) is 25.5 Å².